The summed E-state index contributed by atoms with van der Waals surface area (Å²) in [7, 11) is 0. The van der Waals surface area contributed by atoms with Crippen molar-refractivity contribution in [3.63, 3.8) is 0 Å². The first kappa shape index (κ1) is 21.2. The molecule has 2 heteroatoms. The largest absolute Gasteiger partial charge is 2.00 e. The maximum atomic E-state index is 2.26. The van der Waals surface area contributed by atoms with Crippen LogP contribution in [-0.2, 0) is 39.6 Å². The zero-order valence-electron chi connectivity index (χ0n) is 13.8. The summed E-state index contributed by atoms with van der Waals surface area (Å²) in [4.78, 5) is 0. The van der Waals surface area contributed by atoms with Gasteiger partial charge in [0.2, 0.25) is 0 Å². The minimum Gasteiger partial charge on any atom is -0.214 e. The smallest absolute Gasteiger partial charge is 0.214 e. The first-order chi connectivity index (χ1) is 11.4. The quantitative estimate of drug-likeness (QED) is 0.224. The molecule has 0 fully saturated rings. The van der Waals surface area contributed by atoms with Gasteiger partial charge in [0.1, 0.15) is 0 Å². The standard InChI is InChI=1S/C13H10.2C5H5.2Fe/c1-2-6-11(5-1)13(9-10-13)12-7-3-4-8-12;2*1-2-4-5-3-1;;/h1-10H;2*1-5H;;/q-2;2*-1;2*+2. The van der Waals surface area contributed by atoms with Gasteiger partial charge in [-0.25, -0.2) is 48.5 Å². The summed E-state index contributed by atoms with van der Waals surface area (Å²) in [6.45, 7) is 0. The summed E-state index contributed by atoms with van der Waals surface area (Å²) in [5.74, 6) is 0. The average molecular weight is 408 g/mol. The van der Waals surface area contributed by atoms with Crippen LogP contribution in [-0.4, -0.2) is 0 Å². The SMILES string of the molecule is C1=CC1([c-]1cccc1)[c-]1cccc1.[Fe+2].[Fe+2].c1cc[cH-]c1.c1cc[cH-]c1. The summed E-state index contributed by atoms with van der Waals surface area (Å²) < 4.78 is 0. The zero-order valence-corrected chi connectivity index (χ0v) is 16.0. The minimum atomic E-state index is 0. The van der Waals surface area contributed by atoms with E-state index in [-0.39, 0.29) is 39.6 Å². The van der Waals surface area contributed by atoms with Gasteiger partial charge >= 0.3 is 34.1 Å². The van der Waals surface area contributed by atoms with Crippen molar-refractivity contribution < 1.29 is 34.1 Å². The van der Waals surface area contributed by atoms with Crippen LogP contribution in [0.3, 0.4) is 0 Å². The zero-order chi connectivity index (χ0) is 15.8. The van der Waals surface area contributed by atoms with Crippen LogP contribution in [0.2, 0.25) is 0 Å². The first-order valence-corrected chi connectivity index (χ1v) is 7.90. The van der Waals surface area contributed by atoms with Crippen LogP contribution in [0.15, 0.2) is 121 Å². The van der Waals surface area contributed by atoms with Gasteiger partial charge < -0.3 is 0 Å². The molecule has 4 aromatic carbocycles. The molecule has 4 aromatic rings. The van der Waals surface area contributed by atoms with Crippen LogP contribution in [0.1, 0.15) is 11.1 Å². The van der Waals surface area contributed by atoms with E-state index < -0.39 is 0 Å². The third-order valence-corrected chi connectivity index (χ3v) is 3.89. The summed E-state index contributed by atoms with van der Waals surface area (Å²) in [5, 5.41) is 0. The molecule has 0 nitrogen and oxygen atoms in total. The number of allylic oxidation sites excluding steroid dienone is 2. The van der Waals surface area contributed by atoms with E-state index in [0.29, 0.717) is 0 Å². The number of hydrogen-bond acceptors (Lipinski definition) is 0. The summed E-state index contributed by atoms with van der Waals surface area (Å²) in [6, 6.07) is 37.1. The Labute approximate surface area is 171 Å². The van der Waals surface area contributed by atoms with Crippen molar-refractivity contribution in [2.24, 2.45) is 0 Å². The van der Waals surface area contributed by atoms with Crippen molar-refractivity contribution in [2.45, 2.75) is 5.41 Å². The molecule has 0 radical (unpaired) electrons. The van der Waals surface area contributed by atoms with Gasteiger partial charge in [-0.3, -0.25) is 0 Å². The van der Waals surface area contributed by atoms with Crippen LogP contribution in [0.25, 0.3) is 0 Å². The molecule has 0 aliphatic heterocycles. The predicted octanol–water partition coefficient (Wildman–Crippen LogP) is 5.79. The molecule has 0 aromatic heterocycles. The number of hydrogen-bond donors (Lipinski definition) is 0. The van der Waals surface area contributed by atoms with Gasteiger partial charge in [-0.05, 0) is 5.41 Å². The molecule has 0 atom stereocenters. The molecule has 1 aliphatic rings. The Hall–Kier alpha value is -1.82. The molecule has 0 amide bonds. The van der Waals surface area contributed by atoms with Gasteiger partial charge in [0, 0.05) is 0 Å². The van der Waals surface area contributed by atoms with Gasteiger partial charge in [0.25, 0.3) is 0 Å². The predicted molar refractivity (Wildman–Crippen MR) is 98.1 cm³/mol. The monoisotopic (exact) mass is 408 g/mol. The second kappa shape index (κ2) is 10.9. The van der Waals surface area contributed by atoms with Crippen molar-refractivity contribution in [2.75, 3.05) is 0 Å². The molecule has 0 N–H and O–H groups in total. The van der Waals surface area contributed by atoms with Crippen molar-refractivity contribution >= 4 is 0 Å². The minimum absolute atomic E-state index is 0. The summed E-state index contributed by atoms with van der Waals surface area (Å²) >= 11 is 0. The normalized spacial score (nSPS) is 12.3. The molecule has 25 heavy (non-hydrogen) atoms. The Kier molecular flexibility index (Phi) is 9.27. The van der Waals surface area contributed by atoms with Gasteiger partial charge in [0.15, 0.2) is 0 Å². The van der Waals surface area contributed by atoms with Crippen molar-refractivity contribution in [3.05, 3.63) is 132 Å². The van der Waals surface area contributed by atoms with Crippen LogP contribution in [0.4, 0.5) is 0 Å². The van der Waals surface area contributed by atoms with Crippen molar-refractivity contribution in [1.29, 1.82) is 0 Å². The Morgan fingerprint density at radius 2 is 0.800 bits per heavy atom. The van der Waals surface area contributed by atoms with Crippen LogP contribution < -0.4 is 0 Å². The van der Waals surface area contributed by atoms with Gasteiger partial charge in [0.05, 0.1) is 0 Å². The van der Waals surface area contributed by atoms with Crippen LogP contribution >= 0.6 is 0 Å². The van der Waals surface area contributed by atoms with Crippen molar-refractivity contribution in [3.8, 4) is 0 Å². The average Bonchev–Trinajstić information content (AvgIpc) is 3.30. The Bertz CT molecular complexity index is 653. The second-order valence-corrected chi connectivity index (χ2v) is 5.47. The van der Waals surface area contributed by atoms with E-state index in [4.69, 9.17) is 0 Å². The fraction of sp³-hybridized carbons (Fsp3) is 0.0435. The van der Waals surface area contributed by atoms with E-state index in [1.165, 1.54) is 11.1 Å². The van der Waals surface area contributed by atoms with Crippen LogP contribution in [0.5, 0.6) is 0 Å². The molecule has 128 valence electrons. The summed E-state index contributed by atoms with van der Waals surface area (Å²) in [5.41, 5.74) is 2.92. The third-order valence-electron chi connectivity index (χ3n) is 3.89. The molecule has 0 spiro atoms. The van der Waals surface area contributed by atoms with Crippen molar-refractivity contribution in [1.82, 2.24) is 0 Å². The molecular weight excluding hydrogens is 388 g/mol. The van der Waals surface area contributed by atoms with Crippen LogP contribution in [0, 0.1) is 0 Å². The molecule has 0 heterocycles. The Balaban J connectivity index is 0.000000219. The molecule has 5 rings (SSSR count). The van der Waals surface area contributed by atoms with Gasteiger partial charge in [-0.15, -0.1) is 0 Å². The maximum absolute atomic E-state index is 2.26. The molecule has 0 bridgehead atoms. The van der Waals surface area contributed by atoms with E-state index >= 15 is 0 Å². The fourth-order valence-corrected chi connectivity index (χ4v) is 2.58. The second-order valence-electron chi connectivity index (χ2n) is 5.47. The Morgan fingerprint density at radius 1 is 0.480 bits per heavy atom. The van der Waals surface area contributed by atoms with E-state index in [1.54, 1.807) is 0 Å². The topological polar surface area (TPSA) is 0 Å². The Morgan fingerprint density at radius 3 is 1.00 bits per heavy atom. The molecule has 0 saturated heterocycles. The molecule has 0 unspecified atom stereocenters. The third kappa shape index (κ3) is 5.88. The summed E-state index contributed by atoms with van der Waals surface area (Å²) in [6.07, 6.45) is 4.52. The fourth-order valence-electron chi connectivity index (χ4n) is 2.58. The first-order valence-electron chi connectivity index (χ1n) is 7.90. The van der Waals surface area contributed by atoms with Gasteiger partial charge in [-0.1, -0.05) is 12.2 Å². The van der Waals surface area contributed by atoms with E-state index in [9.17, 15) is 0 Å². The van der Waals surface area contributed by atoms with E-state index in [1.807, 2.05) is 60.7 Å². The van der Waals surface area contributed by atoms with E-state index in [2.05, 4.69) is 60.7 Å². The van der Waals surface area contributed by atoms with E-state index in [0.717, 1.165) is 0 Å². The molecule has 0 saturated carbocycles. The molecular formula is C23H20Fe2. The van der Waals surface area contributed by atoms with Gasteiger partial charge in [-0.2, -0.15) is 71.8 Å². The number of rotatable bonds is 2. The maximum Gasteiger partial charge on any atom is 2.00 e. The molecule has 1 aliphatic carbocycles.